The highest BCUT2D eigenvalue weighted by Gasteiger charge is 2.14. The van der Waals surface area contributed by atoms with Crippen LogP contribution < -0.4 is 0 Å². The molecular formula is C13H15NO3. The molecule has 1 rings (SSSR count). The smallest absolute Gasteiger partial charge is 0.308 e. The van der Waals surface area contributed by atoms with Crippen LogP contribution in [0, 0.1) is 11.3 Å². The first kappa shape index (κ1) is 13.2. The van der Waals surface area contributed by atoms with Crippen molar-refractivity contribution in [2.45, 2.75) is 25.6 Å². The normalized spacial score (nSPS) is 11.5. The van der Waals surface area contributed by atoms with E-state index in [9.17, 15) is 4.79 Å². The molecule has 0 N–H and O–H groups in total. The summed E-state index contributed by atoms with van der Waals surface area (Å²) in [5.74, 6) is -0.363. The zero-order valence-corrected chi connectivity index (χ0v) is 9.76. The molecule has 0 aliphatic heterocycles. The monoisotopic (exact) mass is 233 g/mol. The first-order valence-electron chi connectivity index (χ1n) is 5.35. The molecule has 4 nitrogen and oxygen atoms in total. The Kier molecular flexibility index (Phi) is 5.76. The fourth-order valence-corrected chi connectivity index (χ4v) is 1.35. The first-order valence-corrected chi connectivity index (χ1v) is 5.35. The van der Waals surface area contributed by atoms with Gasteiger partial charge in [0, 0.05) is 0 Å². The van der Waals surface area contributed by atoms with Crippen LogP contribution in [-0.2, 0) is 20.9 Å². The van der Waals surface area contributed by atoms with Crippen LogP contribution in [0.4, 0.5) is 0 Å². The molecule has 1 atom stereocenters. The molecule has 0 amide bonds. The van der Waals surface area contributed by atoms with Crippen molar-refractivity contribution in [2.75, 3.05) is 7.11 Å². The van der Waals surface area contributed by atoms with E-state index in [2.05, 4.69) is 4.74 Å². The Morgan fingerprint density at radius 3 is 2.71 bits per heavy atom. The van der Waals surface area contributed by atoms with Gasteiger partial charge in [-0.1, -0.05) is 30.3 Å². The van der Waals surface area contributed by atoms with E-state index in [1.165, 1.54) is 7.11 Å². The minimum atomic E-state index is -0.410. The second-order valence-corrected chi connectivity index (χ2v) is 3.56. The molecule has 0 spiro atoms. The van der Waals surface area contributed by atoms with E-state index >= 15 is 0 Å². The van der Waals surface area contributed by atoms with Gasteiger partial charge in [-0.25, -0.2) is 0 Å². The lowest BCUT2D eigenvalue weighted by Gasteiger charge is -2.13. The van der Waals surface area contributed by atoms with Gasteiger partial charge < -0.3 is 9.47 Å². The van der Waals surface area contributed by atoms with Crippen LogP contribution >= 0.6 is 0 Å². The molecule has 1 aromatic carbocycles. The van der Waals surface area contributed by atoms with Crippen LogP contribution in [0.5, 0.6) is 0 Å². The zero-order valence-electron chi connectivity index (χ0n) is 9.76. The van der Waals surface area contributed by atoms with Gasteiger partial charge in [0.15, 0.2) is 0 Å². The Morgan fingerprint density at radius 1 is 1.41 bits per heavy atom. The van der Waals surface area contributed by atoms with Crippen LogP contribution in [0.25, 0.3) is 0 Å². The summed E-state index contributed by atoms with van der Waals surface area (Å²) in [4.78, 5) is 11.1. The summed E-state index contributed by atoms with van der Waals surface area (Å²) >= 11 is 0. The maximum Gasteiger partial charge on any atom is 0.308 e. The Bertz CT molecular complexity index is 383. The van der Waals surface area contributed by atoms with E-state index in [1.54, 1.807) is 0 Å². The molecule has 1 aromatic rings. The third kappa shape index (κ3) is 5.14. The van der Waals surface area contributed by atoms with Crippen molar-refractivity contribution in [1.82, 2.24) is 0 Å². The minimum absolute atomic E-state index is 0.108. The number of ether oxygens (including phenoxy) is 2. The summed E-state index contributed by atoms with van der Waals surface area (Å²) in [6.45, 7) is 0.393. The summed E-state index contributed by atoms with van der Waals surface area (Å²) in [6.07, 6.45) is -0.119. The van der Waals surface area contributed by atoms with Gasteiger partial charge in [-0.3, -0.25) is 4.79 Å². The van der Waals surface area contributed by atoms with Crippen molar-refractivity contribution in [3.63, 3.8) is 0 Å². The molecule has 90 valence electrons. The van der Waals surface area contributed by atoms with Gasteiger partial charge in [-0.05, 0) is 5.56 Å². The standard InChI is InChI=1S/C13H15NO3/c1-16-13(15)9-12(7-8-14)17-10-11-5-3-2-4-6-11/h2-6,12H,7,9-10H2,1H3. The van der Waals surface area contributed by atoms with E-state index in [0.717, 1.165) is 5.56 Å². The first-order chi connectivity index (χ1) is 8.26. The molecule has 0 radical (unpaired) electrons. The zero-order chi connectivity index (χ0) is 12.5. The maximum atomic E-state index is 11.1. The average Bonchev–Trinajstić information content (AvgIpc) is 2.37. The summed E-state index contributed by atoms with van der Waals surface area (Å²) in [5.41, 5.74) is 1.01. The number of methoxy groups -OCH3 is 1. The van der Waals surface area contributed by atoms with Crippen molar-refractivity contribution < 1.29 is 14.3 Å². The van der Waals surface area contributed by atoms with Crippen molar-refractivity contribution >= 4 is 5.97 Å². The summed E-state index contributed by atoms with van der Waals surface area (Å²) in [6, 6.07) is 11.6. The van der Waals surface area contributed by atoms with Crippen LogP contribution in [-0.4, -0.2) is 19.2 Å². The van der Waals surface area contributed by atoms with Crippen molar-refractivity contribution in [1.29, 1.82) is 5.26 Å². The largest absolute Gasteiger partial charge is 0.469 e. The molecule has 17 heavy (non-hydrogen) atoms. The maximum absolute atomic E-state index is 11.1. The molecule has 0 bridgehead atoms. The summed E-state index contributed by atoms with van der Waals surface area (Å²) in [5, 5.41) is 8.64. The number of hydrogen-bond acceptors (Lipinski definition) is 4. The minimum Gasteiger partial charge on any atom is -0.469 e. The van der Waals surface area contributed by atoms with Crippen molar-refractivity contribution in [3.05, 3.63) is 35.9 Å². The summed E-state index contributed by atoms with van der Waals surface area (Å²) in [7, 11) is 1.32. The number of nitriles is 1. The number of carbonyl (C=O) groups excluding carboxylic acids is 1. The molecule has 0 aromatic heterocycles. The van der Waals surface area contributed by atoms with Gasteiger partial charge in [0.25, 0.3) is 0 Å². The Morgan fingerprint density at radius 2 is 2.12 bits per heavy atom. The SMILES string of the molecule is COC(=O)CC(CC#N)OCc1ccccc1. The lowest BCUT2D eigenvalue weighted by atomic mass is 10.2. The molecule has 0 fully saturated rings. The lowest BCUT2D eigenvalue weighted by Crippen LogP contribution is -2.18. The van der Waals surface area contributed by atoms with Gasteiger partial charge in [-0.15, -0.1) is 0 Å². The predicted molar refractivity (Wildman–Crippen MR) is 61.9 cm³/mol. The number of benzene rings is 1. The quantitative estimate of drug-likeness (QED) is 0.705. The number of carbonyl (C=O) groups is 1. The van der Waals surface area contributed by atoms with Crippen LogP contribution in [0.1, 0.15) is 18.4 Å². The fourth-order valence-electron chi connectivity index (χ4n) is 1.35. The molecule has 0 aliphatic rings. The molecule has 0 aliphatic carbocycles. The second kappa shape index (κ2) is 7.42. The molecule has 0 heterocycles. The second-order valence-electron chi connectivity index (χ2n) is 3.56. The summed E-state index contributed by atoms with van der Waals surface area (Å²) < 4.78 is 10.1. The van der Waals surface area contributed by atoms with Crippen LogP contribution in [0.3, 0.4) is 0 Å². The van der Waals surface area contributed by atoms with Gasteiger partial charge in [-0.2, -0.15) is 5.26 Å². The number of nitrogens with zero attached hydrogens (tertiary/aromatic N) is 1. The van der Waals surface area contributed by atoms with Crippen molar-refractivity contribution in [3.8, 4) is 6.07 Å². The number of hydrogen-bond donors (Lipinski definition) is 0. The fraction of sp³-hybridized carbons (Fsp3) is 0.385. The van der Waals surface area contributed by atoms with Crippen molar-refractivity contribution in [2.24, 2.45) is 0 Å². The molecule has 4 heteroatoms. The van der Waals surface area contributed by atoms with Gasteiger partial charge in [0.2, 0.25) is 0 Å². The average molecular weight is 233 g/mol. The number of rotatable bonds is 6. The van der Waals surface area contributed by atoms with Gasteiger partial charge in [0.1, 0.15) is 0 Å². The van der Waals surface area contributed by atoms with E-state index in [-0.39, 0.29) is 18.8 Å². The molecule has 1 unspecified atom stereocenters. The van der Waals surface area contributed by atoms with Gasteiger partial charge in [0.05, 0.1) is 38.7 Å². The van der Waals surface area contributed by atoms with Crippen LogP contribution in [0.15, 0.2) is 30.3 Å². The van der Waals surface area contributed by atoms with Crippen LogP contribution in [0.2, 0.25) is 0 Å². The Balaban J connectivity index is 2.45. The molecule has 0 saturated heterocycles. The van der Waals surface area contributed by atoms with E-state index < -0.39 is 6.10 Å². The number of esters is 1. The molecule has 0 saturated carbocycles. The predicted octanol–water partition coefficient (Wildman–Crippen LogP) is 2.05. The molecular weight excluding hydrogens is 218 g/mol. The highest BCUT2D eigenvalue weighted by atomic mass is 16.5. The van der Waals surface area contributed by atoms with E-state index in [4.69, 9.17) is 10.00 Å². The Hall–Kier alpha value is -1.86. The highest BCUT2D eigenvalue weighted by molar-refractivity contribution is 5.69. The lowest BCUT2D eigenvalue weighted by molar-refractivity contribution is -0.144. The van der Waals surface area contributed by atoms with Gasteiger partial charge >= 0.3 is 5.97 Å². The van der Waals surface area contributed by atoms with E-state index in [1.807, 2.05) is 36.4 Å². The topological polar surface area (TPSA) is 59.3 Å². The van der Waals surface area contributed by atoms with E-state index in [0.29, 0.717) is 6.61 Å². The highest BCUT2D eigenvalue weighted by Crippen LogP contribution is 2.09. The third-order valence-corrected chi connectivity index (χ3v) is 2.27. The third-order valence-electron chi connectivity index (χ3n) is 2.27. The Labute approximate surface area is 101 Å².